The van der Waals surface area contributed by atoms with E-state index in [1.807, 2.05) is 0 Å². The van der Waals surface area contributed by atoms with Crippen LogP contribution in [0.15, 0.2) is 24.3 Å². The van der Waals surface area contributed by atoms with E-state index in [-0.39, 0.29) is 5.41 Å². The van der Waals surface area contributed by atoms with Gasteiger partial charge in [0, 0.05) is 5.41 Å². The van der Waals surface area contributed by atoms with Crippen molar-refractivity contribution >= 4 is 5.57 Å². The van der Waals surface area contributed by atoms with Gasteiger partial charge in [-0.15, -0.1) is 0 Å². The molecule has 1 aromatic rings. The summed E-state index contributed by atoms with van der Waals surface area (Å²) in [5.41, 5.74) is 5.90. The number of benzene rings is 1. The fourth-order valence-electron chi connectivity index (χ4n) is 2.23. The molecule has 13 heavy (non-hydrogen) atoms. The number of hydrogen-bond donors (Lipinski definition) is 0. The molecule has 68 valence electrons. The summed E-state index contributed by atoms with van der Waals surface area (Å²) >= 11 is 0. The minimum atomic E-state index is 0.228. The molecule has 0 aromatic heterocycles. The van der Waals surface area contributed by atoms with Crippen LogP contribution in [0.5, 0.6) is 0 Å². The smallest absolute Gasteiger partial charge is 0.00873 e. The molecular weight excluding hydrogens is 156 g/mol. The molecule has 0 amide bonds. The summed E-state index contributed by atoms with van der Waals surface area (Å²) in [5, 5.41) is 0. The highest BCUT2D eigenvalue weighted by Gasteiger charge is 2.27. The number of aryl methyl sites for hydroxylation is 1. The van der Waals surface area contributed by atoms with Crippen LogP contribution in [0.4, 0.5) is 0 Å². The van der Waals surface area contributed by atoms with Crippen LogP contribution >= 0.6 is 0 Å². The third-order valence-corrected chi connectivity index (χ3v) is 2.87. The molecule has 0 heterocycles. The van der Waals surface area contributed by atoms with Crippen molar-refractivity contribution in [1.29, 1.82) is 0 Å². The van der Waals surface area contributed by atoms with Crippen molar-refractivity contribution in [2.45, 2.75) is 33.1 Å². The second-order valence-corrected chi connectivity index (χ2v) is 4.60. The first kappa shape index (κ1) is 8.55. The molecule has 0 unspecified atom stereocenters. The van der Waals surface area contributed by atoms with Crippen LogP contribution in [0.1, 0.15) is 37.5 Å². The zero-order valence-corrected chi connectivity index (χ0v) is 8.81. The number of hydrogen-bond acceptors (Lipinski definition) is 0. The van der Waals surface area contributed by atoms with Gasteiger partial charge in [0.05, 0.1) is 0 Å². The molecule has 0 saturated heterocycles. The summed E-state index contributed by atoms with van der Waals surface area (Å²) in [6.45, 7) is 8.91. The second-order valence-electron chi connectivity index (χ2n) is 4.60. The predicted octanol–water partition coefficient (Wildman–Crippen LogP) is 3.69. The van der Waals surface area contributed by atoms with Crippen LogP contribution < -0.4 is 0 Å². The maximum Gasteiger partial charge on any atom is 0.00873 e. The van der Waals surface area contributed by atoms with Crippen LogP contribution in [0, 0.1) is 6.92 Å². The average Bonchev–Trinajstić information content (AvgIpc) is 2.23. The molecule has 0 radical (unpaired) electrons. The van der Waals surface area contributed by atoms with Crippen molar-refractivity contribution < 1.29 is 0 Å². The largest absolute Gasteiger partial charge is 0.0709 e. The van der Waals surface area contributed by atoms with Crippen molar-refractivity contribution in [3.05, 3.63) is 41.0 Å². The van der Waals surface area contributed by atoms with Gasteiger partial charge in [-0.25, -0.2) is 0 Å². The monoisotopic (exact) mass is 172 g/mol. The molecule has 1 aliphatic carbocycles. The van der Waals surface area contributed by atoms with Crippen LogP contribution in [-0.4, -0.2) is 0 Å². The van der Waals surface area contributed by atoms with Crippen LogP contribution in [-0.2, 0) is 5.41 Å². The molecule has 0 nitrogen and oxygen atoms in total. The van der Waals surface area contributed by atoms with Crippen molar-refractivity contribution in [3.8, 4) is 0 Å². The Kier molecular flexibility index (Phi) is 1.63. The Bertz CT molecular complexity index is 381. The van der Waals surface area contributed by atoms with Gasteiger partial charge in [-0.1, -0.05) is 43.7 Å². The molecule has 0 bridgehead atoms. The Hall–Kier alpha value is -1.04. The van der Waals surface area contributed by atoms with Gasteiger partial charge in [0.25, 0.3) is 0 Å². The van der Waals surface area contributed by atoms with Gasteiger partial charge < -0.3 is 0 Å². The van der Waals surface area contributed by atoms with E-state index in [1.54, 1.807) is 0 Å². The summed E-state index contributed by atoms with van der Waals surface area (Å²) in [7, 11) is 0. The van der Waals surface area contributed by atoms with E-state index in [9.17, 15) is 0 Å². The van der Waals surface area contributed by atoms with Crippen molar-refractivity contribution in [1.82, 2.24) is 0 Å². The quantitative estimate of drug-likeness (QED) is 0.560. The lowest BCUT2D eigenvalue weighted by Crippen LogP contribution is -2.10. The van der Waals surface area contributed by atoms with Gasteiger partial charge in [-0.05, 0) is 30.5 Å². The Balaban J connectivity index is 2.68. The number of rotatable bonds is 0. The normalized spacial score (nSPS) is 18.3. The number of allylic oxidation sites excluding steroid dienone is 2. The van der Waals surface area contributed by atoms with E-state index >= 15 is 0 Å². The van der Waals surface area contributed by atoms with Gasteiger partial charge in [-0.2, -0.15) is 0 Å². The summed E-state index contributed by atoms with van der Waals surface area (Å²) in [5.74, 6) is 0. The van der Waals surface area contributed by atoms with E-state index in [2.05, 4.69) is 52.0 Å². The summed E-state index contributed by atoms with van der Waals surface area (Å²) in [6.07, 6.45) is 2.36. The lowest BCUT2D eigenvalue weighted by atomic mass is 9.86. The average molecular weight is 172 g/mol. The molecule has 1 aliphatic rings. The van der Waals surface area contributed by atoms with Crippen molar-refractivity contribution in [3.63, 3.8) is 0 Å². The third kappa shape index (κ3) is 1.21. The summed E-state index contributed by atoms with van der Waals surface area (Å²) in [6, 6.07) is 6.74. The van der Waals surface area contributed by atoms with Crippen LogP contribution in [0.3, 0.4) is 0 Å². The lowest BCUT2D eigenvalue weighted by Gasteiger charge is -2.17. The molecule has 2 rings (SSSR count). The topological polar surface area (TPSA) is 0 Å². The van der Waals surface area contributed by atoms with Gasteiger partial charge in [0.2, 0.25) is 0 Å². The summed E-state index contributed by atoms with van der Waals surface area (Å²) in [4.78, 5) is 0. The zero-order valence-electron chi connectivity index (χ0n) is 8.81. The molecule has 0 spiro atoms. The molecule has 0 N–H and O–H groups in total. The first-order valence-corrected chi connectivity index (χ1v) is 4.82. The minimum absolute atomic E-state index is 0.228. The molecule has 1 aromatic carbocycles. The zero-order chi connectivity index (χ0) is 9.64. The molecule has 0 fully saturated rings. The Morgan fingerprint density at radius 3 is 2.46 bits per heavy atom. The Morgan fingerprint density at radius 2 is 1.77 bits per heavy atom. The fraction of sp³-hybridized carbons (Fsp3) is 0.385. The lowest BCUT2D eigenvalue weighted by molar-refractivity contribution is 0.682. The highest BCUT2D eigenvalue weighted by Crippen LogP contribution is 2.40. The molecule has 0 aliphatic heterocycles. The van der Waals surface area contributed by atoms with Gasteiger partial charge >= 0.3 is 0 Å². The number of fused-ring (bicyclic) bond motifs is 1. The Labute approximate surface area is 80.3 Å². The van der Waals surface area contributed by atoms with Gasteiger partial charge in [-0.3, -0.25) is 0 Å². The standard InChI is InChI=1S/C13H16/c1-9-5-6-11-10(2)8-13(3,4)12(11)7-9/h5-8H,1-4H3. The third-order valence-electron chi connectivity index (χ3n) is 2.87. The Morgan fingerprint density at radius 1 is 1.08 bits per heavy atom. The predicted molar refractivity (Wildman–Crippen MR) is 57.9 cm³/mol. The van der Waals surface area contributed by atoms with E-state index in [1.165, 1.54) is 22.3 Å². The summed E-state index contributed by atoms with van der Waals surface area (Å²) < 4.78 is 0. The maximum atomic E-state index is 2.36. The SMILES string of the molecule is CC1=CC(C)(C)c2cc(C)ccc21. The molecular formula is C13H16. The molecule has 0 saturated carbocycles. The first-order chi connectivity index (χ1) is 6.00. The van der Waals surface area contributed by atoms with Crippen LogP contribution in [0.2, 0.25) is 0 Å². The highest BCUT2D eigenvalue weighted by atomic mass is 14.3. The first-order valence-electron chi connectivity index (χ1n) is 4.82. The van der Waals surface area contributed by atoms with Gasteiger partial charge in [0.15, 0.2) is 0 Å². The maximum absolute atomic E-state index is 2.36. The minimum Gasteiger partial charge on any atom is -0.0709 e. The highest BCUT2D eigenvalue weighted by molar-refractivity contribution is 5.75. The fourth-order valence-corrected chi connectivity index (χ4v) is 2.23. The second kappa shape index (κ2) is 2.47. The molecule has 0 heteroatoms. The van der Waals surface area contributed by atoms with Crippen molar-refractivity contribution in [2.24, 2.45) is 0 Å². The van der Waals surface area contributed by atoms with E-state index in [0.717, 1.165) is 0 Å². The van der Waals surface area contributed by atoms with Gasteiger partial charge in [0.1, 0.15) is 0 Å². The van der Waals surface area contributed by atoms with Crippen LogP contribution in [0.25, 0.3) is 5.57 Å². The van der Waals surface area contributed by atoms with Crippen molar-refractivity contribution in [2.75, 3.05) is 0 Å². The molecule has 0 atom stereocenters. The van der Waals surface area contributed by atoms with E-state index < -0.39 is 0 Å². The van der Waals surface area contributed by atoms with E-state index in [0.29, 0.717) is 0 Å². The van der Waals surface area contributed by atoms with E-state index in [4.69, 9.17) is 0 Å².